The van der Waals surface area contributed by atoms with Crippen molar-refractivity contribution in [1.82, 2.24) is 10.3 Å². The number of aromatic nitrogens is 1. The molecule has 0 radical (unpaired) electrons. The predicted molar refractivity (Wildman–Crippen MR) is 80.6 cm³/mol. The molecule has 1 aromatic heterocycles. The van der Waals surface area contributed by atoms with Gasteiger partial charge in [0, 0.05) is 23.1 Å². The van der Waals surface area contributed by atoms with Crippen molar-refractivity contribution >= 4 is 16.8 Å². The minimum atomic E-state index is -0.319. The lowest BCUT2D eigenvalue weighted by Crippen LogP contribution is -2.23. The summed E-state index contributed by atoms with van der Waals surface area (Å²) in [7, 11) is 0. The number of aryl methyl sites for hydroxylation is 1. The highest BCUT2D eigenvalue weighted by Gasteiger charge is 2.16. The van der Waals surface area contributed by atoms with Crippen molar-refractivity contribution in [2.75, 3.05) is 0 Å². The molecule has 0 saturated heterocycles. The molecule has 0 aliphatic heterocycles. The number of nitrogens with one attached hydrogen (secondary N) is 2. The molecule has 0 aliphatic carbocycles. The van der Waals surface area contributed by atoms with Crippen LogP contribution in [0, 0.1) is 12.7 Å². The molecule has 0 atom stereocenters. The van der Waals surface area contributed by atoms with Gasteiger partial charge in [-0.15, -0.1) is 0 Å². The number of carbonyl (C=O) groups excluding carboxylic acids is 1. The summed E-state index contributed by atoms with van der Waals surface area (Å²) < 4.78 is 13.2. The summed E-state index contributed by atoms with van der Waals surface area (Å²) in [6, 6.07) is 14.1. The van der Waals surface area contributed by atoms with E-state index in [4.69, 9.17) is 0 Å². The van der Waals surface area contributed by atoms with Gasteiger partial charge in [0.2, 0.25) is 0 Å². The number of hydrogen-bond acceptors (Lipinski definition) is 1. The van der Waals surface area contributed by atoms with Gasteiger partial charge in [-0.2, -0.15) is 0 Å². The van der Waals surface area contributed by atoms with E-state index < -0.39 is 0 Å². The molecule has 1 amide bonds. The maximum atomic E-state index is 13.2. The zero-order chi connectivity index (χ0) is 14.8. The number of rotatable bonds is 3. The Kier molecular flexibility index (Phi) is 3.44. The van der Waals surface area contributed by atoms with Crippen LogP contribution < -0.4 is 5.32 Å². The molecule has 0 aliphatic rings. The van der Waals surface area contributed by atoms with Gasteiger partial charge in [0.1, 0.15) is 5.82 Å². The van der Waals surface area contributed by atoms with E-state index in [1.54, 1.807) is 6.07 Å². The van der Waals surface area contributed by atoms with E-state index in [1.165, 1.54) is 12.1 Å². The zero-order valence-corrected chi connectivity index (χ0v) is 11.6. The summed E-state index contributed by atoms with van der Waals surface area (Å²) in [6.45, 7) is 2.28. The van der Waals surface area contributed by atoms with E-state index in [9.17, 15) is 9.18 Å². The highest BCUT2D eigenvalue weighted by molar-refractivity contribution is 6.08. The Bertz CT molecular complexity index is 793. The summed E-state index contributed by atoms with van der Waals surface area (Å²) in [4.78, 5) is 15.4. The molecule has 3 aromatic rings. The Hall–Kier alpha value is -2.62. The van der Waals surface area contributed by atoms with E-state index in [2.05, 4.69) is 10.3 Å². The second kappa shape index (κ2) is 5.40. The van der Waals surface area contributed by atoms with Crippen LogP contribution >= 0.6 is 0 Å². The van der Waals surface area contributed by atoms with Crippen LogP contribution in [-0.4, -0.2) is 10.9 Å². The summed E-state index contributed by atoms with van der Waals surface area (Å²) in [5, 5.41) is 3.63. The Morgan fingerprint density at radius 2 is 1.95 bits per heavy atom. The number of amides is 1. The number of carbonyl (C=O) groups is 1. The largest absolute Gasteiger partial charge is 0.358 e. The van der Waals surface area contributed by atoms with Crippen LogP contribution in [0.5, 0.6) is 0 Å². The van der Waals surface area contributed by atoms with Gasteiger partial charge in [-0.1, -0.05) is 30.3 Å². The highest BCUT2D eigenvalue weighted by atomic mass is 19.1. The minimum Gasteiger partial charge on any atom is -0.358 e. The molecule has 0 fully saturated rings. The van der Waals surface area contributed by atoms with Crippen LogP contribution in [0.15, 0.2) is 48.5 Å². The van der Waals surface area contributed by atoms with Crippen molar-refractivity contribution in [2.45, 2.75) is 13.5 Å². The summed E-state index contributed by atoms with van der Waals surface area (Å²) in [5.74, 6) is -0.478. The van der Waals surface area contributed by atoms with Crippen molar-refractivity contribution in [3.8, 4) is 0 Å². The number of halogens is 1. The fraction of sp³-hybridized carbons (Fsp3) is 0.118. The average Bonchev–Trinajstić information content (AvgIpc) is 2.81. The predicted octanol–water partition coefficient (Wildman–Crippen LogP) is 3.55. The fourth-order valence-electron chi connectivity index (χ4n) is 2.46. The van der Waals surface area contributed by atoms with Gasteiger partial charge in [-0.25, -0.2) is 4.39 Å². The third-order valence-corrected chi connectivity index (χ3v) is 3.47. The second-order valence-corrected chi connectivity index (χ2v) is 4.98. The molecule has 1 heterocycles. The van der Waals surface area contributed by atoms with Gasteiger partial charge in [0.15, 0.2) is 0 Å². The van der Waals surface area contributed by atoms with Gasteiger partial charge in [0.25, 0.3) is 5.91 Å². The number of hydrogen-bond donors (Lipinski definition) is 2. The first-order valence-electron chi connectivity index (χ1n) is 6.75. The normalized spacial score (nSPS) is 10.8. The Morgan fingerprint density at radius 1 is 1.19 bits per heavy atom. The molecule has 0 saturated carbocycles. The molecule has 0 bridgehead atoms. The van der Waals surface area contributed by atoms with E-state index in [0.717, 1.165) is 16.6 Å². The Labute approximate surface area is 121 Å². The molecule has 4 heteroatoms. The summed E-state index contributed by atoms with van der Waals surface area (Å²) in [6.07, 6.45) is 0. The number of fused-ring (bicyclic) bond motifs is 1. The lowest BCUT2D eigenvalue weighted by molar-refractivity contribution is 0.0952. The van der Waals surface area contributed by atoms with Gasteiger partial charge in [-0.05, 0) is 30.7 Å². The van der Waals surface area contributed by atoms with Crippen molar-refractivity contribution < 1.29 is 9.18 Å². The molecular weight excluding hydrogens is 267 g/mol. The van der Waals surface area contributed by atoms with E-state index in [1.807, 2.05) is 37.3 Å². The summed E-state index contributed by atoms with van der Waals surface area (Å²) in [5.41, 5.74) is 2.98. The molecule has 3 nitrogen and oxygen atoms in total. The molecule has 0 spiro atoms. The van der Waals surface area contributed by atoms with Crippen LogP contribution in [0.4, 0.5) is 4.39 Å². The van der Waals surface area contributed by atoms with Gasteiger partial charge < -0.3 is 10.3 Å². The minimum absolute atomic E-state index is 0.158. The van der Waals surface area contributed by atoms with Crippen LogP contribution in [0.25, 0.3) is 10.9 Å². The van der Waals surface area contributed by atoms with E-state index >= 15 is 0 Å². The third kappa shape index (κ3) is 2.65. The van der Waals surface area contributed by atoms with Crippen LogP contribution in [0.3, 0.4) is 0 Å². The smallest absolute Gasteiger partial charge is 0.253 e. The quantitative estimate of drug-likeness (QED) is 0.758. The van der Waals surface area contributed by atoms with Crippen molar-refractivity contribution in [1.29, 1.82) is 0 Å². The maximum Gasteiger partial charge on any atom is 0.253 e. The average molecular weight is 282 g/mol. The van der Waals surface area contributed by atoms with Crippen LogP contribution in [-0.2, 0) is 6.54 Å². The van der Waals surface area contributed by atoms with Gasteiger partial charge in [0.05, 0.1) is 5.56 Å². The topological polar surface area (TPSA) is 44.9 Å². The number of benzene rings is 2. The standard InChI is InChI=1S/C17H15FN2O/c1-11-16(14-8-7-13(18)9-15(14)20-11)17(21)19-10-12-5-3-2-4-6-12/h2-9,20H,10H2,1H3,(H,19,21). The maximum absolute atomic E-state index is 13.2. The lowest BCUT2D eigenvalue weighted by atomic mass is 10.1. The molecule has 21 heavy (non-hydrogen) atoms. The SMILES string of the molecule is Cc1[nH]c2cc(F)ccc2c1C(=O)NCc1ccccc1. The monoisotopic (exact) mass is 282 g/mol. The molecule has 106 valence electrons. The molecule has 2 aromatic carbocycles. The molecule has 2 N–H and O–H groups in total. The fourth-order valence-corrected chi connectivity index (χ4v) is 2.46. The number of H-pyrrole nitrogens is 1. The third-order valence-electron chi connectivity index (χ3n) is 3.47. The zero-order valence-electron chi connectivity index (χ0n) is 11.6. The Balaban J connectivity index is 1.86. The van der Waals surface area contributed by atoms with Crippen molar-refractivity contribution in [3.05, 3.63) is 71.2 Å². The second-order valence-electron chi connectivity index (χ2n) is 4.98. The summed E-state index contributed by atoms with van der Waals surface area (Å²) >= 11 is 0. The van der Waals surface area contributed by atoms with E-state index in [-0.39, 0.29) is 11.7 Å². The first kappa shape index (κ1) is 13.4. The van der Waals surface area contributed by atoms with Gasteiger partial charge >= 0.3 is 0 Å². The Morgan fingerprint density at radius 3 is 2.71 bits per heavy atom. The first-order valence-corrected chi connectivity index (χ1v) is 6.75. The number of aromatic amines is 1. The van der Waals surface area contributed by atoms with Crippen LogP contribution in [0.1, 0.15) is 21.6 Å². The molecule has 3 rings (SSSR count). The lowest BCUT2D eigenvalue weighted by Gasteiger charge is -2.05. The van der Waals surface area contributed by atoms with Crippen molar-refractivity contribution in [3.63, 3.8) is 0 Å². The highest BCUT2D eigenvalue weighted by Crippen LogP contribution is 2.22. The van der Waals surface area contributed by atoms with Crippen molar-refractivity contribution in [2.24, 2.45) is 0 Å². The first-order chi connectivity index (χ1) is 10.1. The van der Waals surface area contributed by atoms with E-state index in [0.29, 0.717) is 17.6 Å². The molecular formula is C17H15FN2O. The molecule has 0 unspecified atom stereocenters. The van der Waals surface area contributed by atoms with Gasteiger partial charge in [-0.3, -0.25) is 4.79 Å². The van der Waals surface area contributed by atoms with Crippen LogP contribution in [0.2, 0.25) is 0 Å².